The van der Waals surface area contributed by atoms with Gasteiger partial charge in [-0.25, -0.2) is 4.39 Å². The smallest absolute Gasteiger partial charge is 0.255 e. The molecule has 5 rings (SSSR count). The van der Waals surface area contributed by atoms with Gasteiger partial charge in [0.15, 0.2) is 5.16 Å². The number of thioether (sulfide) groups is 1. The standard InChI is InChI=1S/C33H30ClFN4O2S/c34-26-13-7-15-28(21-26)39-31(37-38-33(39)42-22-24-11-6-14-27(35)20-24)25(19-23-9-2-1-3-10-23)12-8-18-36-32(41)29-16-4-5-17-30(29)40/h1-7,9-11,13-17,20-21,25,40H,8,12,18-19,22H2,(H,36,41). The van der Waals surface area contributed by atoms with Gasteiger partial charge >= 0.3 is 0 Å². The van der Waals surface area contributed by atoms with Gasteiger partial charge < -0.3 is 10.4 Å². The number of nitrogens with one attached hydrogen (secondary N) is 1. The Morgan fingerprint density at radius 3 is 2.48 bits per heavy atom. The molecule has 0 fully saturated rings. The van der Waals surface area contributed by atoms with Gasteiger partial charge in [0.25, 0.3) is 5.91 Å². The van der Waals surface area contributed by atoms with E-state index in [9.17, 15) is 14.3 Å². The maximum Gasteiger partial charge on any atom is 0.255 e. The predicted molar refractivity (Wildman–Crippen MR) is 165 cm³/mol. The number of carbonyl (C=O) groups excluding carboxylic acids is 1. The highest BCUT2D eigenvalue weighted by molar-refractivity contribution is 7.98. The molecular weight excluding hydrogens is 571 g/mol. The number of para-hydroxylation sites is 1. The van der Waals surface area contributed by atoms with E-state index < -0.39 is 0 Å². The topological polar surface area (TPSA) is 80.0 Å². The Morgan fingerprint density at radius 1 is 0.929 bits per heavy atom. The minimum Gasteiger partial charge on any atom is -0.507 e. The molecule has 1 amide bonds. The van der Waals surface area contributed by atoms with E-state index in [2.05, 4.69) is 27.6 Å². The van der Waals surface area contributed by atoms with Crippen molar-refractivity contribution in [1.29, 1.82) is 0 Å². The fourth-order valence-electron chi connectivity index (χ4n) is 4.80. The minimum atomic E-state index is -0.314. The van der Waals surface area contributed by atoms with E-state index in [0.717, 1.165) is 35.5 Å². The molecule has 0 saturated carbocycles. The van der Waals surface area contributed by atoms with Gasteiger partial charge in [-0.3, -0.25) is 9.36 Å². The summed E-state index contributed by atoms with van der Waals surface area (Å²) in [5.74, 6) is 0.653. The first-order valence-electron chi connectivity index (χ1n) is 13.7. The highest BCUT2D eigenvalue weighted by atomic mass is 35.5. The zero-order valence-corrected chi connectivity index (χ0v) is 24.4. The van der Waals surface area contributed by atoms with Gasteiger partial charge in [0.2, 0.25) is 0 Å². The molecule has 42 heavy (non-hydrogen) atoms. The Morgan fingerprint density at radius 2 is 1.69 bits per heavy atom. The van der Waals surface area contributed by atoms with Crippen LogP contribution in [0.15, 0.2) is 108 Å². The number of halogens is 2. The lowest BCUT2D eigenvalue weighted by molar-refractivity contribution is 0.0950. The first-order valence-corrected chi connectivity index (χ1v) is 15.0. The second kappa shape index (κ2) is 14.2. The lowest BCUT2D eigenvalue weighted by Gasteiger charge is -2.19. The molecule has 9 heteroatoms. The molecule has 2 N–H and O–H groups in total. The third-order valence-electron chi connectivity index (χ3n) is 6.84. The number of aromatic hydroxyl groups is 1. The van der Waals surface area contributed by atoms with E-state index in [0.29, 0.717) is 28.9 Å². The van der Waals surface area contributed by atoms with Gasteiger partial charge in [0.1, 0.15) is 17.4 Å². The summed E-state index contributed by atoms with van der Waals surface area (Å²) in [6, 6.07) is 30.8. The summed E-state index contributed by atoms with van der Waals surface area (Å²) in [7, 11) is 0. The molecule has 6 nitrogen and oxygen atoms in total. The van der Waals surface area contributed by atoms with Gasteiger partial charge in [0, 0.05) is 23.2 Å². The Labute approximate surface area is 253 Å². The summed E-state index contributed by atoms with van der Waals surface area (Å²) < 4.78 is 15.8. The number of rotatable bonds is 12. The van der Waals surface area contributed by atoms with Crippen LogP contribution in [0.4, 0.5) is 4.39 Å². The zero-order valence-electron chi connectivity index (χ0n) is 22.8. The van der Waals surface area contributed by atoms with Crippen molar-refractivity contribution in [2.45, 2.75) is 36.1 Å². The van der Waals surface area contributed by atoms with Crippen LogP contribution in [0.1, 0.15) is 46.1 Å². The number of hydrogen-bond acceptors (Lipinski definition) is 5. The molecule has 0 aliphatic rings. The van der Waals surface area contributed by atoms with Gasteiger partial charge in [0.05, 0.1) is 11.3 Å². The van der Waals surface area contributed by atoms with Crippen LogP contribution in [0.25, 0.3) is 5.69 Å². The average Bonchev–Trinajstić information content (AvgIpc) is 3.42. The molecule has 0 radical (unpaired) electrons. The normalized spacial score (nSPS) is 11.8. The Bertz CT molecular complexity index is 1650. The lowest BCUT2D eigenvalue weighted by atomic mass is 9.93. The molecule has 0 saturated heterocycles. The van der Waals surface area contributed by atoms with Gasteiger partial charge in [-0.15, -0.1) is 10.2 Å². The first-order chi connectivity index (χ1) is 20.5. The quantitative estimate of drug-likeness (QED) is 0.114. The average molecular weight is 601 g/mol. The van der Waals surface area contributed by atoms with E-state index >= 15 is 0 Å². The molecule has 0 bridgehead atoms. The van der Waals surface area contributed by atoms with Crippen molar-refractivity contribution in [3.63, 3.8) is 0 Å². The molecule has 0 aliphatic carbocycles. The van der Waals surface area contributed by atoms with Crippen LogP contribution in [-0.4, -0.2) is 32.3 Å². The molecule has 0 aliphatic heterocycles. The van der Waals surface area contributed by atoms with Crippen molar-refractivity contribution < 1.29 is 14.3 Å². The molecule has 4 aromatic carbocycles. The molecule has 5 aromatic rings. The van der Waals surface area contributed by atoms with Crippen LogP contribution < -0.4 is 5.32 Å². The van der Waals surface area contributed by atoms with E-state index in [1.54, 1.807) is 24.3 Å². The molecular formula is C33H30ClFN4O2S. The Balaban J connectivity index is 1.40. The molecule has 1 atom stereocenters. The second-order valence-electron chi connectivity index (χ2n) is 9.88. The van der Waals surface area contributed by atoms with Crippen LogP contribution in [0.5, 0.6) is 5.75 Å². The molecule has 1 unspecified atom stereocenters. The van der Waals surface area contributed by atoms with Crippen LogP contribution in [-0.2, 0) is 12.2 Å². The number of phenolic OH excluding ortho intramolecular Hbond substituents is 1. The maximum atomic E-state index is 13.8. The van der Waals surface area contributed by atoms with Crippen LogP contribution in [0, 0.1) is 5.82 Å². The first kappa shape index (κ1) is 29.4. The van der Waals surface area contributed by atoms with E-state index in [4.69, 9.17) is 11.6 Å². The number of benzene rings is 4. The summed E-state index contributed by atoms with van der Waals surface area (Å²) in [5.41, 5.74) is 3.10. The number of amides is 1. The highest BCUT2D eigenvalue weighted by Crippen LogP contribution is 2.32. The predicted octanol–water partition coefficient (Wildman–Crippen LogP) is 7.59. The van der Waals surface area contributed by atoms with Crippen molar-refractivity contribution >= 4 is 29.3 Å². The van der Waals surface area contributed by atoms with Crippen LogP contribution in [0.3, 0.4) is 0 Å². The maximum absolute atomic E-state index is 13.8. The SMILES string of the molecule is O=C(NCCCC(Cc1ccccc1)c1nnc(SCc2cccc(F)c2)n1-c1cccc(Cl)c1)c1ccccc1O. The fourth-order valence-corrected chi connectivity index (χ4v) is 5.89. The lowest BCUT2D eigenvalue weighted by Crippen LogP contribution is -2.25. The zero-order chi connectivity index (χ0) is 29.3. The summed E-state index contributed by atoms with van der Waals surface area (Å²) in [6.07, 6.45) is 2.13. The summed E-state index contributed by atoms with van der Waals surface area (Å²) in [6.45, 7) is 0.435. The van der Waals surface area contributed by atoms with Crippen LogP contribution >= 0.6 is 23.4 Å². The van der Waals surface area contributed by atoms with Crippen LogP contribution in [0.2, 0.25) is 5.02 Å². The van der Waals surface area contributed by atoms with E-state index in [-0.39, 0.29) is 29.0 Å². The van der Waals surface area contributed by atoms with E-state index in [1.807, 2.05) is 53.1 Å². The van der Waals surface area contributed by atoms with Crippen molar-refractivity contribution in [1.82, 2.24) is 20.1 Å². The third kappa shape index (κ3) is 7.57. The number of carbonyl (C=O) groups is 1. The fraction of sp³-hybridized carbons (Fsp3) is 0.182. The minimum absolute atomic E-state index is 0.0237. The summed E-state index contributed by atoms with van der Waals surface area (Å²) in [5, 5.41) is 23.5. The highest BCUT2D eigenvalue weighted by Gasteiger charge is 2.24. The number of aromatic nitrogens is 3. The van der Waals surface area contributed by atoms with Crippen molar-refractivity contribution in [3.8, 4) is 11.4 Å². The summed E-state index contributed by atoms with van der Waals surface area (Å²) >= 11 is 7.88. The summed E-state index contributed by atoms with van der Waals surface area (Å²) in [4.78, 5) is 12.6. The van der Waals surface area contributed by atoms with E-state index in [1.165, 1.54) is 30.0 Å². The Kier molecular flexibility index (Phi) is 9.90. The van der Waals surface area contributed by atoms with Crippen molar-refractivity contribution in [2.24, 2.45) is 0 Å². The number of phenols is 1. The van der Waals surface area contributed by atoms with Gasteiger partial charge in [-0.2, -0.15) is 0 Å². The van der Waals surface area contributed by atoms with Crippen molar-refractivity contribution in [3.05, 3.63) is 136 Å². The number of nitrogens with zero attached hydrogens (tertiary/aromatic N) is 3. The largest absolute Gasteiger partial charge is 0.507 e. The second-order valence-corrected chi connectivity index (χ2v) is 11.3. The van der Waals surface area contributed by atoms with Gasteiger partial charge in [-0.1, -0.05) is 84.0 Å². The molecule has 0 spiro atoms. The number of hydrogen-bond donors (Lipinski definition) is 2. The Hall–Kier alpha value is -4.14. The van der Waals surface area contributed by atoms with Crippen molar-refractivity contribution in [2.75, 3.05) is 6.54 Å². The molecule has 1 heterocycles. The monoisotopic (exact) mass is 600 g/mol. The molecule has 214 valence electrons. The molecule has 1 aromatic heterocycles. The van der Waals surface area contributed by atoms with Gasteiger partial charge in [-0.05, 0) is 72.9 Å². The third-order valence-corrected chi connectivity index (χ3v) is 8.07.